The van der Waals surface area contributed by atoms with Crippen LogP contribution in [0.4, 0.5) is 0 Å². The van der Waals surface area contributed by atoms with Crippen molar-refractivity contribution in [3.05, 3.63) is 35.8 Å². The van der Waals surface area contributed by atoms with Gasteiger partial charge in [0.1, 0.15) is 5.69 Å². The zero-order valence-corrected chi connectivity index (χ0v) is 10.0. The zero-order valence-electron chi connectivity index (χ0n) is 10.0. The van der Waals surface area contributed by atoms with E-state index in [1.54, 1.807) is 12.3 Å². The standard InChI is InChI=1S/C13H13N3O2/c1-18-13(17)12-7-11(15-16-12)9-4-5-14-10(6-9)8-2-3-8/h4-8H,2-3H2,1H3,(H,15,16). The van der Waals surface area contributed by atoms with Gasteiger partial charge in [-0.25, -0.2) is 4.79 Å². The number of H-pyrrole nitrogens is 1. The lowest BCUT2D eigenvalue weighted by atomic mass is 10.1. The Hall–Kier alpha value is -2.17. The number of esters is 1. The van der Waals surface area contributed by atoms with Crippen molar-refractivity contribution in [2.24, 2.45) is 0 Å². The van der Waals surface area contributed by atoms with E-state index in [0.29, 0.717) is 11.6 Å². The van der Waals surface area contributed by atoms with E-state index in [4.69, 9.17) is 0 Å². The molecule has 0 amide bonds. The van der Waals surface area contributed by atoms with Gasteiger partial charge in [0, 0.05) is 23.4 Å². The second kappa shape index (κ2) is 4.25. The molecule has 92 valence electrons. The summed E-state index contributed by atoms with van der Waals surface area (Å²) in [5.41, 5.74) is 3.17. The third kappa shape index (κ3) is 1.99. The molecule has 5 nitrogen and oxygen atoms in total. The second-order valence-corrected chi connectivity index (χ2v) is 4.40. The van der Waals surface area contributed by atoms with Crippen LogP contribution in [0.2, 0.25) is 0 Å². The van der Waals surface area contributed by atoms with Crippen molar-refractivity contribution in [3.63, 3.8) is 0 Å². The fourth-order valence-electron chi connectivity index (χ4n) is 1.89. The van der Waals surface area contributed by atoms with Crippen LogP contribution in [0.1, 0.15) is 34.9 Å². The minimum atomic E-state index is -0.412. The third-order valence-electron chi connectivity index (χ3n) is 3.06. The monoisotopic (exact) mass is 243 g/mol. The van der Waals surface area contributed by atoms with E-state index in [2.05, 4.69) is 19.9 Å². The lowest BCUT2D eigenvalue weighted by Crippen LogP contribution is -2.00. The number of hydrogen-bond donors (Lipinski definition) is 1. The lowest BCUT2D eigenvalue weighted by molar-refractivity contribution is 0.0594. The van der Waals surface area contributed by atoms with Gasteiger partial charge in [-0.15, -0.1) is 0 Å². The van der Waals surface area contributed by atoms with Crippen molar-refractivity contribution in [2.75, 3.05) is 7.11 Å². The zero-order chi connectivity index (χ0) is 12.5. The molecule has 2 aromatic heterocycles. The molecule has 3 rings (SSSR count). The number of rotatable bonds is 3. The van der Waals surface area contributed by atoms with Gasteiger partial charge in [0.25, 0.3) is 0 Å². The smallest absolute Gasteiger partial charge is 0.356 e. The van der Waals surface area contributed by atoms with Crippen molar-refractivity contribution >= 4 is 5.97 Å². The molecule has 0 radical (unpaired) electrons. The van der Waals surface area contributed by atoms with Crippen LogP contribution in [0, 0.1) is 0 Å². The fourth-order valence-corrected chi connectivity index (χ4v) is 1.89. The minimum Gasteiger partial charge on any atom is -0.464 e. The van der Waals surface area contributed by atoms with Crippen molar-refractivity contribution in [1.82, 2.24) is 15.2 Å². The summed E-state index contributed by atoms with van der Waals surface area (Å²) in [6, 6.07) is 5.62. The number of aromatic nitrogens is 3. The number of ether oxygens (including phenoxy) is 1. The summed E-state index contributed by atoms with van der Waals surface area (Å²) >= 11 is 0. The number of carbonyl (C=O) groups is 1. The summed E-state index contributed by atoms with van der Waals surface area (Å²) in [5, 5.41) is 6.80. The first kappa shape index (κ1) is 11.0. The summed E-state index contributed by atoms with van der Waals surface area (Å²) in [6.07, 6.45) is 4.21. The Balaban J connectivity index is 1.91. The summed E-state index contributed by atoms with van der Waals surface area (Å²) in [6.45, 7) is 0. The molecule has 18 heavy (non-hydrogen) atoms. The first-order valence-corrected chi connectivity index (χ1v) is 5.88. The molecular weight excluding hydrogens is 230 g/mol. The van der Waals surface area contributed by atoms with Crippen LogP contribution in [-0.4, -0.2) is 28.3 Å². The number of pyridine rings is 1. The molecule has 1 saturated carbocycles. The molecule has 0 unspecified atom stereocenters. The van der Waals surface area contributed by atoms with Crippen LogP contribution < -0.4 is 0 Å². The quantitative estimate of drug-likeness (QED) is 0.838. The van der Waals surface area contributed by atoms with E-state index in [9.17, 15) is 4.79 Å². The van der Waals surface area contributed by atoms with E-state index < -0.39 is 5.97 Å². The molecule has 0 aliphatic heterocycles. The molecular formula is C13H13N3O2. The highest BCUT2D eigenvalue weighted by Gasteiger charge is 2.25. The van der Waals surface area contributed by atoms with Crippen molar-refractivity contribution in [2.45, 2.75) is 18.8 Å². The van der Waals surface area contributed by atoms with Crippen molar-refractivity contribution < 1.29 is 9.53 Å². The summed E-state index contributed by atoms with van der Waals surface area (Å²) in [4.78, 5) is 15.7. The van der Waals surface area contributed by atoms with Gasteiger partial charge in [-0.3, -0.25) is 10.1 Å². The molecule has 0 spiro atoms. The van der Waals surface area contributed by atoms with Gasteiger partial charge in [0.15, 0.2) is 0 Å². The van der Waals surface area contributed by atoms with Crippen LogP contribution in [0.15, 0.2) is 24.4 Å². The Labute approximate surface area is 104 Å². The maximum Gasteiger partial charge on any atom is 0.356 e. The predicted octanol–water partition coefficient (Wildman–Crippen LogP) is 2.14. The van der Waals surface area contributed by atoms with Gasteiger partial charge in [-0.05, 0) is 31.0 Å². The first-order chi connectivity index (χ1) is 8.78. The molecule has 1 N–H and O–H groups in total. The average molecular weight is 243 g/mol. The van der Waals surface area contributed by atoms with Gasteiger partial charge in [0.05, 0.1) is 12.8 Å². The van der Waals surface area contributed by atoms with Gasteiger partial charge in [0.2, 0.25) is 0 Å². The van der Waals surface area contributed by atoms with Gasteiger partial charge in [-0.2, -0.15) is 5.10 Å². The van der Waals surface area contributed by atoms with Gasteiger partial charge < -0.3 is 4.74 Å². The molecule has 0 saturated heterocycles. The fraction of sp³-hybridized carbons (Fsp3) is 0.308. The number of aromatic amines is 1. The van der Waals surface area contributed by atoms with E-state index in [0.717, 1.165) is 17.0 Å². The number of carbonyl (C=O) groups excluding carboxylic acids is 1. The van der Waals surface area contributed by atoms with E-state index in [-0.39, 0.29) is 0 Å². The molecule has 2 aromatic rings. The first-order valence-electron chi connectivity index (χ1n) is 5.88. The van der Waals surface area contributed by atoms with Crippen LogP contribution in [0.5, 0.6) is 0 Å². The highest BCUT2D eigenvalue weighted by molar-refractivity contribution is 5.88. The molecule has 0 aromatic carbocycles. The molecule has 1 aliphatic carbocycles. The largest absolute Gasteiger partial charge is 0.464 e. The normalized spacial score (nSPS) is 14.5. The Morgan fingerprint density at radius 3 is 3.00 bits per heavy atom. The SMILES string of the molecule is COC(=O)c1cc(-c2ccnc(C3CC3)c2)n[nH]1. The number of nitrogens with one attached hydrogen (secondary N) is 1. The number of hydrogen-bond acceptors (Lipinski definition) is 4. The van der Waals surface area contributed by atoms with E-state index >= 15 is 0 Å². The minimum absolute atomic E-state index is 0.359. The van der Waals surface area contributed by atoms with Gasteiger partial charge in [-0.1, -0.05) is 0 Å². The highest BCUT2D eigenvalue weighted by atomic mass is 16.5. The van der Waals surface area contributed by atoms with Crippen LogP contribution >= 0.6 is 0 Å². The predicted molar refractivity (Wildman–Crippen MR) is 65.1 cm³/mol. The summed E-state index contributed by atoms with van der Waals surface area (Å²) in [5.74, 6) is 0.189. The maximum atomic E-state index is 11.3. The molecule has 1 aliphatic rings. The second-order valence-electron chi connectivity index (χ2n) is 4.40. The molecule has 5 heteroatoms. The highest BCUT2D eigenvalue weighted by Crippen LogP contribution is 2.39. The van der Waals surface area contributed by atoms with E-state index in [1.165, 1.54) is 20.0 Å². The molecule has 2 heterocycles. The number of nitrogens with zero attached hydrogens (tertiary/aromatic N) is 2. The van der Waals surface area contributed by atoms with Crippen LogP contribution in [-0.2, 0) is 4.74 Å². The Morgan fingerprint density at radius 2 is 2.28 bits per heavy atom. The molecule has 0 bridgehead atoms. The average Bonchev–Trinajstić information content (AvgIpc) is 3.15. The van der Waals surface area contributed by atoms with Gasteiger partial charge >= 0.3 is 5.97 Å². The van der Waals surface area contributed by atoms with Crippen molar-refractivity contribution in [3.8, 4) is 11.3 Å². The van der Waals surface area contributed by atoms with Crippen LogP contribution in [0.25, 0.3) is 11.3 Å². The lowest BCUT2D eigenvalue weighted by Gasteiger charge is -1.99. The Kier molecular flexibility index (Phi) is 2.59. The maximum absolute atomic E-state index is 11.3. The summed E-state index contributed by atoms with van der Waals surface area (Å²) in [7, 11) is 1.35. The molecule has 1 fully saturated rings. The third-order valence-corrected chi connectivity index (χ3v) is 3.06. The number of methoxy groups -OCH3 is 1. The van der Waals surface area contributed by atoms with Crippen molar-refractivity contribution in [1.29, 1.82) is 0 Å². The summed E-state index contributed by atoms with van der Waals surface area (Å²) < 4.78 is 4.63. The Bertz CT molecular complexity index is 587. The Morgan fingerprint density at radius 1 is 1.44 bits per heavy atom. The topological polar surface area (TPSA) is 67.9 Å². The molecule has 0 atom stereocenters. The van der Waals surface area contributed by atoms with Crippen LogP contribution in [0.3, 0.4) is 0 Å². The van der Waals surface area contributed by atoms with E-state index in [1.807, 2.05) is 12.1 Å².